The van der Waals surface area contributed by atoms with Crippen LogP contribution in [0.5, 0.6) is 5.75 Å². The molecular weight excluding hydrogens is 872 g/mol. The van der Waals surface area contributed by atoms with Gasteiger partial charge in [0.25, 0.3) is 17.4 Å². The highest BCUT2D eigenvalue weighted by molar-refractivity contribution is 6.31. The highest BCUT2D eigenvalue weighted by Gasteiger charge is 2.64. The number of nitriles is 1. The first-order valence-corrected chi connectivity index (χ1v) is 24.0. The molecule has 67 heavy (non-hydrogen) atoms. The molecule has 2 N–H and O–H groups in total. The molecule has 4 saturated heterocycles. The van der Waals surface area contributed by atoms with Gasteiger partial charge in [0.05, 0.1) is 21.9 Å². The zero-order chi connectivity index (χ0) is 47.2. The van der Waals surface area contributed by atoms with E-state index in [-0.39, 0.29) is 59.5 Å². The SMILES string of the molecule is CC1(C)C(NC(=O)c2ccc(N3CCN(CCCC4CCN(C(=O)C5CN(c6ccc7nnn(C8CCC(=O)NC8=O)c(=O)c7c6)C5)CC4)CC3)cc2)C(C)(C)C1Oc1ccc(C#N)c(Cl)c1. The number of fused-ring (bicyclic) bond motifs is 1. The Morgan fingerprint density at radius 1 is 0.881 bits per heavy atom. The zero-order valence-electron chi connectivity index (χ0n) is 38.7. The van der Waals surface area contributed by atoms with E-state index in [1.54, 1.807) is 30.3 Å². The van der Waals surface area contributed by atoms with E-state index in [1.807, 2.05) is 35.2 Å². The minimum absolute atomic E-state index is 0.0875. The molecule has 1 aliphatic carbocycles. The maximum absolute atomic E-state index is 13.5. The smallest absolute Gasteiger partial charge is 0.278 e. The van der Waals surface area contributed by atoms with Gasteiger partial charge in [0.2, 0.25) is 11.8 Å². The van der Waals surface area contributed by atoms with E-state index in [4.69, 9.17) is 16.3 Å². The van der Waals surface area contributed by atoms with E-state index in [0.717, 1.165) is 87.6 Å². The number of benzene rings is 3. The molecular formula is C50H59ClN10O6. The van der Waals surface area contributed by atoms with Crippen molar-refractivity contribution in [1.29, 1.82) is 5.26 Å². The second-order valence-corrected chi connectivity index (χ2v) is 20.6. The Bertz CT molecular complexity index is 2640. The third-order valence-electron chi connectivity index (χ3n) is 15.1. The summed E-state index contributed by atoms with van der Waals surface area (Å²) in [4.78, 5) is 73.5. The molecule has 4 amide bonds. The summed E-state index contributed by atoms with van der Waals surface area (Å²) in [5, 5.41) is 23.6. The molecule has 1 saturated carbocycles. The van der Waals surface area contributed by atoms with Crippen molar-refractivity contribution in [2.45, 2.75) is 84.4 Å². The third-order valence-corrected chi connectivity index (χ3v) is 15.4. The van der Waals surface area contributed by atoms with Crippen LogP contribution >= 0.6 is 11.6 Å². The van der Waals surface area contributed by atoms with Gasteiger partial charge in [0, 0.05) is 98.7 Å². The number of likely N-dealkylation sites (tertiary alicyclic amines) is 1. The van der Waals surface area contributed by atoms with Gasteiger partial charge in [-0.05, 0) is 99.2 Å². The normalized spacial score (nSPS) is 23.2. The molecule has 5 aliphatic rings. The van der Waals surface area contributed by atoms with Crippen LogP contribution in [-0.2, 0) is 14.4 Å². The number of carbonyl (C=O) groups excluding carboxylic acids is 4. The van der Waals surface area contributed by atoms with Crippen LogP contribution in [0.15, 0.2) is 65.5 Å². The average Bonchev–Trinajstić information content (AvgIpc) is 3.30. The summed E-state index contributed by atoms with van der Waals surface area (Å²) >= 11 is 6.26. The third kappa shape index (κ3) is 9.20. The van der Waals surface area contributed by atoms with Crippen LogP contribution in [0.3, 0.4) is 0 Å². The fraction of sp³-hybridized carbons (Fsp3) is 0.520. The Labute approximate surface area is 395 Å². The fourth-order valence-corrected chi connectivity index (χ4v) is 11.6. The number of halogens is 1. The monoisotopic (exact) mass is 930 g/mol. The van der Waals surface area contributed by atoms with E-state index in [1.165, 1.54) is 0 Å². The Morgan fingerprint density at radius 3 is 2.25 bits per heavy atom. The summed E-state index contributed by atoms with van der Waals surface area (Å²) in [6, 6.07) is 19.5. The first-order chi connectivity index (χ1) is 32.1. The molecule has 5 heterocycles. The zero-order valence-corrected chi connectivity index (χ0v) is 39.4. The van der Waals surface area contributed by atoms with Gasteiger partial charge in [-0.1, -0.05) is 44.5 Å². The summed E-state index contributed by atoms with van der Waals surface area (Å²) in [5.41, 5.74) is 2.27. The number of anilines is 2. The van der Waals surface area contributed by atoms with Crippen molar-refractivity contribution in [2.24, 2.45) is 22.7 Å². The summed E-state index contributed by atoms with van der Waals surface area (Å²) in [6.07, 6.45) is 4.50. The van der Waals surface area contributed by atoms with Crippen molar-refractivity contribution in [1.82, 2.24) is 35.4 Å². The minimum Gasteiger partial charge on any atom is -0.489 e. The highest BCUT2D eigenvalue weighted by Crippen LogP contribution is 2.55. The number of amides is 4. The molecule has 3 aromatic carbocycles. The van der Waals surface area contributed by atoms with Crippen molar-refractivity contribution >= 4 is 57.5 Å². The lowest BCUT2D eigenvalue weighted by molar-refractivity contribution is -0.164. The lowest BCUT2D eigenvalue weighted by Gasteiger charge is -2.63. The number of carbonyl (C=O) groups is 4. The summed E-state index contributed by atoms with van der Waals surface area (Å²) < 4.78 is 7.46. The number of piperidine rings is 2. The van der Waals surface area contributed by atoms with Gasteiger partial charge in [-0.2, -0.15) is 9.94 Å². The van der Waals surface area contributed by atoms with E-state index in [2.05, 4.69) is 69.4 Å². The van der Waals surface area contributed by atoms with Crippen LogP contribution in [-0.4, -0.2) is 119 Å². The van der Waals surface area contributed by atoms with E-state index >= 15 is 0 Å². The lowest BCUT2D eigenvalue weighted by atomic mass is 9.49. The van der Waals surface area contributed by atoms with Crippen LogP contribution in [0.2, 0.25) is 5.02 Å². The van der Waals surface area contributed by atoms with Crippen LogP contribution in [0.25, 0.3) is 10.9 Å². The van der Waals surface area contributed by atoms with Gasteiger partial charge in [-0.25, -0.2) is 0 Å². The highest BCUT2D eigenvalue weighted by atomic mass is 35.5. The molecule has 0 radical (unpaired) electrons. The second-order valence-electron chi connectivity index (χ2n) is 20.2. The molecule has 16 nitrogen and oxygen atoms in total. The number of ether oxygens (including phenoxy) is 1. The molecule has 0 spiro atoms. The van der Waals surface area contributed by atoms with Crippen LogP contribution < -0.4 is 30.7 Å². The number of nitrogens with zero attached hydrogens (tertiary/aromatic N) is 8. The maximum Gasteiger partial charge on any atom is 0.278 e. The molecule has 1 unspecified atom stereocenters. The number of hydrogen-bond donors (Lipinski definition) is 2. The van der Waals surface area contributed by atoms with E-state index in [9.17, 15) is 29.2 Å². The summed E-state index contributed by atoms with van der Waals surface area (Å²) in [5.74, 6) is 0.313. The molecule has 4 aromatic rings. The van der Waals surface area contributed by atoms with Crippen molar-refractivity contribution in [3.63, 3.8) is 0 Å². The largest absolute Gasteiger partial charge is 0.489 e. The number of aromatic nitrogens is 3. The van der Waals surface area contributed by atoms with Gasteiger partial charge >= 0.3 is 0 Å². The van der Waals surface area contributed by atoms with Crippen molar-refractivity contribution in [2.75, 3.05) is 68.7 Å². The Morgan fingerprint density at radius 2 is 1.58 bits per heavy atom. The molecule has 4 aliphatic heterocycles. The molecule has 352 valence electrons. The number of nitrogens with one attached hydrogen (secondary N) is 2. The molecule has 5 fully saturated rings. The first-order valence-electron chi connectivity index (χ1n) is 23.6. The maximum atomic E-state index is 13.5. The molecule has 17 heteroatoms. The predicted octanol–water partition coefficient (Wildman–Crippen LogP) is 5.18. The van der Waals surface area contributed by atoms with Gasteiger partial charge in [-0.3, -0.25) is 34.2 Å². The number of imide groups is 1. The molecule has 1 aromatic heterocycles. The fourth-order valence-electron chi connectivity index (χ4n) is 11.4. The minimum atomic E-state index is -0.883. The molecule has 0 bridgehead atoms. The molecule has 9 rings (SSSR count). The number of piperazine rings is 1. The second kappa shape index (κ2) is 18.6. The van der Waals surface area contributed by atoms with E-state index < -0.39 is 17.5 Å². The van der Waals surface area contributed by atoms with Gasteiger partial charge in [0.15, 0.2) is 0 Å². The van der Waals surface area contributed by atoms with Gasteiger partial charge in [-0.15, -0.1) is 5.10 Å². The van der Waals surface area contributed by atoms with Gasteiger partial charge < -0.3 is 24.8 Å². The van der Waals surface area contributed by atoms with Crippen LogP contribution in [0.4, 0.5) is 11.4 Å². The summed E-state index contributed by atoms with van der Waals surface area (Å²) in [7, 11) is 0. The first kappa shape index (κ1) is 46.1. The Hall–Kier alpha value is -6.05. The number of hydrogen-bond acceptors (Lipinski definition) is 12. The Kier molecular flexibility index (Phi) is 12.8. The number of rotatable bonds is 12. The summed E-state index contributed by atoms with van der Waals surface area (Å²) in [6.45, 7) is 16.1. The standard InChI is InChI=1S/C50H59ClN10O6/c1-49(2)47(50(3,4)48(49)67-37-13-9-33(28-52)39(51)27-37)54-43(63)32-7-10-35(11-8-32)58-24-22-57(23-25-58)19-5-6-31-17-20-59(21-18-31)45(65)34-29-60(30-34)36-12-14-40-38(26-36)46(66)61(56-55-40)41-15-16-42(62)53-44(41)64/h7-14,26-27,31,34,41,47-48H,5-6,15-25,29-30H2,1-4H3,(H,54,63)(H,53,62,64). The van der Waals surface area contributed by atoms with Crippen molar-refractivity contribution in [3.8, 4) is 11.8 Å². The van der Waals surface area contributed by atoms with Crippen LogP contribution in [0, 0.1) is 34.0 Å². The Balaban J connectivity index is 0.671. The van der Waals surface area contributed by atoms with Crippen LogP contribution in [0.1, 0.15) is 88.2 Å². The van der Waals surface area contributed by atoms with Gasteiger partial charge in [0.1, 0.15) is 29.5 Å². The topological polar surface area (TPSA) is 186 Å². The average molecular weight is 932 g/mol. The van der Waals surface area contributed by atoms with Crippen molar-refractivity contribution in [3.05, 3.63) is 87.2 Å². The quantitative estimate of drug-likeness (QED) is 0.178. The predicted molar refractivity (Wildman–Crippen MR) is 254 cm³/mol. The van der Waals surface area contributed by atoms with E-state index in [0.29, 0.717) is 51.8 Å². The lowest BCUT2D eigenvalue weighted by Crippen LogP contribution is -2.74. The molecule has 1 atom stereocenters. The van der Waals surface area contributed by atoms with Crippen molar-refractivity contribution < 1.29 is 23.9 Å².